The van der Waals surface area contributed by atoms with E-state index in [1.54, 1.807) is 12.4 Å². The van der Waals surface area contributed by atoms with Crippen molar-refractivity contribution in [2.45, 2.75) is 38.5 Å². The van der Waals surface area contributed by atoms with E-state index in [9.17, 15) is 0 Å². The lowest BCUT2D eigenvalue weighted by Gasteiger charge is -2.30. The van der Waals surface area contributed by atoms with Gasteiger partial charge in [-0.1, -0.05) is 25.1 Å². The molecule has 0 spiro atoms. The molecule has 7 nitrogen and oxygen atoms in total. The predicted molar refractivity (Wildman–Crippen MR) is 97.8 cm³/mol. The highest BCUT2D eigenvalue weighted by molar-refractivity contribution is 5.55. The van der Waals surface area contributed by atoms with Crippen molar-refractivity contribution in [3.05, 3.63) is 48.4 Å². The summed E-state index contributed by atoms with van der Waals surface area (Å²) in [7, 11) is 0. The summed E-state index contributed by atoms with van der Waals surface area (Å²) in [5.74, 6) is 2.89. The number of aromatic nitrogens is 5. The summed E-state index contributed by atoms with van der Waals surface area (Å²) in [6.07, 6.45) is 5.48. The lowest BCUT2D eigenvalue weighted by molar-refractivity contribution is 0.325. The summed E-state index contributed by atoms with van der Waals surface area (Å²) in [5.41, 5.74) is 1.70. The van der Waals surface area contributed by atoms with Crippen molar-refractivity contribution in [2.75, 3.05) is 18.0 Å². The Balaban J connectivity index is 1.45. The molecule has 7 heteroatoms. The van der Waals surface area contributed by atoms with Crippen molar-refractivity contribution >= 4 is 5.95 Å². The average molecular weight is 350 g/mol. The van der Waals surface area contributed by atoms with Gasteiger partial charge in [-0.3, -0.25) is 4.98 Å². The third kappa shape index (κ3) is 3.42. The number of hydrogen-bond acceptors (Lipinski definition) is 7. The summed E-state index contributed by atoms with van der Waals surface area (Å²) in [6.45, 7) is 5.89. The molecule has 0 unspecified atom stereocenters. The van der Waals surface area contributed by atoms with Crippen molar-refractivity contribution in [1.29, 1.82) is 0 Å². The maximum atomic E-state index is 5.46. The molecule has 1 saturated heterocycles. The van der Waals surface area contributed by atoms with Crippen LogP contribution in [0.2, 0.25) is 0 Å². The summed E-state index contributed by atoms with van der Waals surface area (Å²) in [6, 6.07) is 7.72. The van der Waals surface area contributed by atoms with E-state index in [1.807, 2.05) is 24.3 Å². The molecule has 0 bridgehead atoms. The van der Waals surface area contributed by atoms with Crippen LogP contribution in [0.4, 0.5) is 5.95 Å². The molecule has 0 aromatic carbocycles. The van der Waals surface area contributed by atoms with Crippen LogP contribution in [0, 0.1) is 0 Å². The molecule has 0 N–H and O–H groups in total. The van der Waals surface area contributed by atoms with Gasteiger partial charge in [0.05, 0.1) is 11.4 Å². The van der Waals surface area contributed by atoms with Gasteiger partial charge < -0.3 is 9.42 Å². The Kier molecular flexibility index (Phi) is 4.60. The van der Waals surface area contributed by atoms with Crippen LogP contribution in [-0.4, -0.2) is 38.2 Å². The molecule has 0 saturated carbocycles. The third-order valence-electron chi connectivity index (χ3n) is 4.67. The fourth-order valence-corrected chi connectivity index (χ4v) is 3.13. The Morgan fingerprint density at radius 1 is 1.00 bits per heavy atom. The average Bonchev–Trinajstić information content (AvgIpc) is 3.20. The molecule has 1 fully saturated rings. The maximum absolute atomic E-state index is 5.46. The predicted octanol–water partition coefficient (Wildman–Crippen LogP) is 3.43. The number of hydrogen-bond donors (Lipinski definition) is 0. The van der Waals surface area contributed by atoms with E-state index < -0.39 is 0 Å². The van der Waals surface area contributed by atoms with Gasteiger partial charge in [-0.25, -0.2) is 9.97 Å². The number of pyridine rings is 1. The molecule has 3 aromatic heterocycles. The standard InChI is InChI=1S/C19H22N6O/c1-13(2)17-23-18(26-24-17)14-7-11-25(12-8-14)19-21-10-6-16(22-19)15-5-3-4-9-20-15/h3-6,9-10,13-14H,7-8,11-12H2,1-2H3. The van der Waals surface area contributed by atoms with E-state index in [1.165, 1.54) is 0 Å². The molecule has 1 aliphatic rings. The van der Waals surface area contributed by atoms with Crippen LogP contribution in [0.25, 0.3) is 11.4 Å². The van der Waals surface area contributed by atoms with Crippen LogP contribution in [0.15, 0.2) is 41.2 Å². The quantitative estimate of drug-likeness (QED) is 0.713. The topological polar surface area (TPSA) is 80.8 Å². The van der Waals surface area contributed by atoms with E-state index in [-0.39, 0.29) is 5.92 Å². The van der Waals surface area contributed by atoms with Gasteiger partial charge in [0.15, 0.2) is 5.82 Å². The van der Waals surface area contributed by atoms with Gasteiger partial charge in [-0.2, -0.15) is 4.98 Å². The van der Waals surface area contributed by atoms with Crippen LogP contribution in [0.1, 0.15) is 50.2 Å². The van der Waals surface area contributed by atoms with E-state index >= 15 is 0 Å². The molecule has 0 amide bonds. The Morgan fingerprint density at radius 2 is 1.85 bits per heavy atom. The molecular weight excluding hydrogens is 328 g/mol. The first-order chi connectivity index (χ1) is 12.7. The highest BCUT2D eigenvalue weighted by atomic mass is 16.5. The van der Waals surface area contributed by atoms with E-state index in [0.29, 0.717) is 5.92 Å². The van der Waals surface area contributed by atoms with Crippen LogP contribution in [0.3, 0.4) is 0 Å². The van der Waals surface area contributed by atoms with Gasteiger partial charge in [-0.15, -0.1) is 0 Å². The Morgan fingerprint density at radius 3 is 2.54 bits per heavy atom. The second-order valence-corrected chi connectivity index (χ2v) is 6.86. The Hall–Kier alpha value is -2.83. The molecule has 134 valence electrons. The van der Waals surface area contributed by atoms with Gasteiger partial charge in [0.25, 0.3) is 0 Å². The zero-order chi connectivity index (χ0) is 17.9. The third-order valence-corrected chi connectivity index (χ3v) is 4.67. The highest BCUT2D eigenvalue weighted by Gasteiger charge is 2.26. The first kappa shape index (κ1) is 16.6. The highest BCUT2D eigenvalue weighted by Crippen LogP contribution is 2.29. The molecule has 3 aromatic rings. The number of nitrogens with zero attached hydrogens (tertiary/aromatic N) is 6. The minimum absolute atomic E-state index is 0.287. The van der Waals surface area contributed by atoms with Crippen molar-refractivity contribution < 1.29 is 4.52 Å². The van der Waals surface area contributed by atoms with E-state index in [4.69, 9.17) is 9.51 Å². The molecule has 0 radical (unpaired) electrons. The maximum Gasteiger partial charge on any atom is 0.229 e. The Labute approximate surface area is 152 Å². The minimum Gasteiger partial charge on any atom is -0.341 e. The van der Waals surface area contributed by atoms with Crippen LogP contribution in [-0.2, 0) is 0 Å². The molecule has 4 rings (SSSR count). The number of piperidine rings is 1. The van der Waals surface area contributed by atoms with Gasteiger partial charge in [0.1, 0.15) is 0 Å². The van der Waals surface area contributed by atoms with Gasteiger partial charge in [0.2, 0.25) is 11.8 Å². The lowest BCUT2D eigenvalue weighted by Crippen LogP contribution is -2.34. The first-order valence-corrected chi connectivity index (χ1v) is 9.03. The van der Waals surface area contributed by atoms with Gasteiger partial charge in [0, 0.05) is 37.3 Å². The van der Waals surface area contributed by atoms with Crippen molar-refractivity contribution in [3.8, 4) is 11.4 Å². The van der Waals surface area contributed by atoms with Gasteiger partial charge in [-0.05, 0) is 31.0 Å². The molecule has 0 aliphatic carbocycles. The fourth-order valence-electron chi connectivity index (χ4n) is 3.13. The normalized spacial score (nSPS) is 15.6. The minimum atomic E-state index is 0.287. The van der Waals surface area contributed by atoms with Crippen molar-refractivity contribution in [1.82, 2.24) is 25.1 Å². The van der Waals surface area contributed by atoms with E-state index in [0.717, 1.165) is 55.0 Å². The summed E-state index contributed by atoms with van der Waals surface area (Å²) >= 11 is 0. The van der Waals surface area contributed by atoms with Crippen molar-refractivity contribution in [2.24, 2.45) is 0 Å². The molecule has 26 heavy (non-hydrogen) atoms. The summed E-state index contributed by atoms with van der Waals surface area (Å²) in [5, 5.41) is 4.08. The van der Waals surface area contributed by atoms with Crippen LogP contribution in [0.5, 0.6) is 0 Å². The molecule has 0 atom stereocenters. The molecular formula is C19H22N6O. The number of anilines is 1. The van der Waals surface area contributed by atoms with Crippen molar-refractivity contribution in [3.63, 3.8) is 0 Å². The zero-order valence-corrected chi connectivity index (χ0v) is 15.0. The summed E-state index contributed by atoms with van der Waals surface area (Å²) in [4.78, 5) is 20.3. The lowest BCUT2D eigenvalue weighted by atomic mass is 9.97. The van der Waals surface area contributed by atoms with Gasteiger partial charge >= 0.3 is 0 Å². The second kappa shape index (κ2) is 7.19. The second-order valence-electron chi connectivity index (χ2n) is 6.86. The summed E-state index contributed by atoms with van der Waals surface area (Å²) < 4.78 is 5.46. The monoisotopic (exact) mass is 350 g/mol. The van der Waals surface area contributed by atoms with Crippen LogP contribution < -0.4 is 4.90 Å². The Bertz CT molecular complexity index is 855. The SMILES string of the molecule is CC(C)c1noc(C2CCN(c3nccc(-c4ccccn4)n3)CC2)n1. The largest absolute Gasteiger partial charge is 0.341 e. The van der Waals surface area contributed by atoms with Crippen LogP contribution >= 0.6 is 0 Å². The van der Waals surface area contributed by atoms with E-state index in [2.05, 4.69) is 38.9 Å². The fraction of sp³-hybridized carbons (Fsp3) is 0.421. The zero-order valence-electron chi connectivity index (χ0n) is 15.0. The molecule has 1 aliphatic heterocycles. The number of rotatable bonds is 4. The smallest absolute Gasteiger partial charge is 0.229 e. The molecule has 4 heterocycles. The first-order valence-electron chi connectivity index (χ1n) is 9.03.